The van der Waals surface area contributed by atoms with Crippen molar-refractivity contribution in [2.75, 3.05) is 12.4 Å². The van der Waals surface area contributed by atoms with Gasteiger partial charge < -0.3 is 10.1 Å². The number of carbonyl (C=O) groups is 2. The SMILES string of the molecule is COC(=O)c1ccc(NC(=O)c2cc([N+](=O)[O-])ccc2Br)cc1. The molecule has 0 radical (unpaired) electrons. The van der Waals surface area contributed by atoms with E-state index in [9.17, 15) is 19.7 Å². The molecule has 8 heteroatoms. The fourth-order valence-electron chi connectivity index (χ4n) is 1.81. The summed E-state index contributed by atoms with van der Waals surface area (Å²) in [4.78, 5) is 33.8. The monoisotopic (exact) mass is 378 g/mol. The van der Waals surface area contributed by atoms with E-state index in [1.165, 1.54) is 49.6 Å². The van der Waals surface area contributed by atoms with Crippen LogP contribution in [0.3, 0.4) is 0 Å². The van der Waals surface area contributed by atoms with Crippen LogP contribution in [0.25, 0.3) is 0 Å². The molecule has 0 aliphatic heterocycles. The molecule has 7 nitrogen and oxygen atoms in total. The topological polar surface area (TPSA) is 98.5 Å². The van der Waals surface area contributed by atoms with Crippen LogP contribution < -0.4 is 5.32 Å². The van der Waals surface area contributed by atoms with Gasteiger partial charge in [0.05, 0.1) is 23.2 Å². The van der Waals surface area contributed by atoms with E-state index in [1.54, 1.807) is 0 Å². The van der Waals surface area contributed by atoms with Crippen molar-refractivity contribution < 1.29 is 19.2 Å². The molecule has 0 atom stereocenters. The minimum atomic E-state index is -0.575. The standard InChI is InChI=1S/C15H11BrN2O5/c1-23-15(20)9-2-4-10(5-3-9)17-14(19)12-8-11(18(21)22)6-7-13(12)16/h2-8H,1H3,(H,17,19). The van der Waals surface area contributed by atoms with Gasteiger partial charge in [-0.05, 0) is 46.3 Å². The lowest BCUT2D eigenvalue weighted by Gasteiger charge is -2.07. The van der Waals surface area contributed by atoms with Crippen LogP contribution >= 0.6 is 15.9 Å². The summed E-state index contributed by atoms with van der Waals surface area (Å²) < 4.78 is 5.02. The maximum Gasteiger partial charge on any atom is 0.337 e. The molecule has 0 aliphatic rings. The number of benzene rings is 2. The lowest BCUT2D eigenvalue weighted by molar-refractivity contribution is -0.384. The number of methoxy groups -OCH3 is 1. The zero-order valence-electron chi connectivity index (χ0n) is 11.9. The number of nitro groups is 1. The van der Waals surface area contributed by atoms with Crippen LogP contribution in [0.2, 0.25) is 0 Å². The number of non-ortho nitro benzene ring substituents is 1. The number of carbonyl (C=O) groups excluding carboxylic acids is 2. The van der Waals surface area contributed by atoms with E-state index in [0.29, 0.717) is 15.7 Å². The van der Waals surface area contributed by atoms with Gasteiger partial charge in [0.15, 0.2) is 0 Å². The van der Waals surface area contributed by atoms with Crippen LogP contribution in [0.15, 0.2) is 46.9 Å². The van der Waals surface area contributed by atoms with Gasteiger partial charge in [-0.15, -0.1) is 0 Å². The second-order valence-corrected chi connectivity index (χ2v) is 5.30. The fraction of sp³-hybridized carbons (Fsp3) is 0.0667. The third-order valence-corrected chi connectivity index (χ3v) is 3.66. The zero-order chi connectivity index (χ0) is 17.0. The highest BCUT2D eigenvalue weighted by atomic mass is 79.9. The van der Waals surface area contributed by atoms with Gasteiger partial charge in [-0.25, -0.2) is 4.79 Å². The average molecular weight is 379 g/mol. The van der Waals surface area contributed by atoms with E-state index < -0.39 is 16.8 Å². The van der Waals surface area contributed by atoms with Crippen molar-refractivity contribution in [1.29, 1.82) is 0 Å². The smallest absolute Gasteiger partial charge is 0.337 e. The summed E-state index contributed by atoms with van der Waals surface area (Å²) in [7, 11) is 1.28. The number of amides is 1. The number of halogens is 1. The lowest BCUT2D eigenvalue weighted by atomic mass is 10.1. The van der Waals surface area contributed by atoms with Crippen molar-refractivity contribution in [3.63, 3.8) is 0 Å². The fourth-order valence-corrected chi connectivity index (χ4v) is 2.23. The number of nitrogens with zero attached hydrogens (tertiary/aromatic N) is 1. The molecule has 118 valence electrons. The first-order chi connectivity index (χ1) is 10.9. The third-order valence-electron chi connectivity index (χ3n) is 2.97. The van der Waals surface area contributed by atoms with Crippen molar-refractivity contribution in [2.24, 2.45) is 0 Å². The van der Waals surface area contributed by atoms with Crippen LogP contribution in [0, 0.1) is 10.1 Å². The van der Waals surface area contributed by atoms with Gasteiger partial charge in [0.2, 0.25) is 0 Å². The Hall–Kier alpha value is -2.74. The summed E-state index contributed by atoms with van der Waals surface area (Å²) in [5, 5.41) is 13.4. The first-order valence-electron chi connectivity index (χ1n) is 6.36. The summed E-state index contributed by atoms with van der Waals surface area (Å²) in [6.07, 6.45) is 0. The lowest BCUT2D eigenvalue weighted by Crippen LogP contribution is -2.13. The second-order valence-electron chi connectivity index (χ2n) is 4.44. The van der Waals surface area contributed by atoms with Gasteiger partial charge in [-0.3, -0.25) is 14.9 Å². The molecule has 2 aromatic rings. The van der Waals surface area contributed by atoms with Crippen LogP contribution in [0.1, 0.15) is 20.7 Å². The van der Waals surface area contributed by atoms with Crippen molar-refractivity contribution >= 4 is 39.2 Å². The number of hydrogen-bond donors (Lipinski definition) is 1. The van der Waals surface area contributed by atoms with Crippen LogP contribution in [-0.2, 0) is 4.74 Å². The molecule has 2 aromatic carbocycles. The predicted octanol–water partition coefficient (Wildman–Crippen LogP) is 3.40. The summed E-state index contributed by atoms with van der Waals surface area (Å²) in [6.45, 7) is 0. The van der Waals surface area contributed by atoms with Gasteiger partial charge in [0, 0.05) is 22.3 Å². The first-order valence-corrected chi connectivity index (χ1v) is 7.15. The number of esters is 1. The van der Waals surface area contributed by atoms with Crippen molar-refractivity contribution in [3.05, 3.63) is 68.2 Å². The average Bonchev–Trinajstić information content (AvgIpc) is 2.54. The number of rotatable bonds is 4. The van der Waals surface area contributed by atoms with Gasteiger partial charge in [0.25, 0.3) is 11.6 Å². The Morgan fingerprint density at radius 1 is 1.17 bits per heavy atom. The van der Waals surface area contributed by atoms with Gasteiger partial charge in [0.1, 0.15) is 0 Å². The molecule has 0 aromatic heterocycles. The Labute approximate surface area is 139 Å². The molecule has 1 amide bonds. The quantitative estimate of drug-likeness (QED) is 0.499. The second kappa shape index (κ2) is 7.01. The Kier molecular flexibility index (Phi) is 5.07. The molecule has 0 saturated carbocycles. The summed E-state index contributed by atoms with van der Waals surface area (Å²) >= 11 is 3.19. The molecule has 23 heavy (non-hydrogen) atoms. The molecular weight excluding hydrogens is 368 g/mol. The number of ether oxygens (including phenoxy) is 1. The van der Waals surface area contributed by atoms with Crippen molar-refractivity contribution in [3.8, 4) is 0 Å². The highest BCUT2D eigenvalue weighted by Gasteiger charge is 2.16. The predicted molar refractivity (Wildman–Crippen MR) is 86.5 cm³/mol. The summed E-state index contributed by atoms with van der Waals surface area (Å²) in [5.74, 6) is -0.990. The normalized spacial score (nSPS) is 10.0. The number of nitro benzene ring substituents is 1. The maximum atomic E-state index is 12.2. The van der Waals surface area contributed by atoms with Crippen molar-refractivity contribution in [2.45, 2.75) is 0 Å². The molecular formula is C15H11BrN2O5. The molecule has 0 heterocycles. The minimum Gasteiger partial charge on any atom is -0.465 e. The van der Waals surface area contributed by atoms with Crippen LogP contribution in [-0.4, -0.2) is 23.9 Å². The van der Waals surface area contributed by atoms with Crippen LogP contribution in [0.4, 0.5) is 11.4 Å². The third kappa shape index (κ3) is 3.92. The first kappa shape index (κ1) is 16.6. The number of hydrogen-bond acceptors (Lipinski definition) is 5. The molecule has 0 fully saturated rings. The molecule has 2 rings (SSSR count). The van der Waals surface area contributed by atoms with E-state index in [4.69, 9.17) is 0 Å². The molecule has 0 saturated heterocycles. The van der Waals surface area contributed by atoms with Gasteiger partial charge in [-0.1, -0.05) is 0 Å². The Balaban J connectivity index is 2.20. The Morgan fingerprint density at radius 2 is 1.83 bits per heavy atom. The summed E-state index contributed by atoms with van der Waals surface area (Å²) in [5.41, 5.74) is 0.749. The highest BCUT2D eigenvalue weighted by Crippen LogP contribution is 2.23. The van der Waals surface area contributed by atoms with E-state index in [2.05, 4.69) is 26.0 Å². The highest BCUT2D eigenvalue weighted by molar-refractivity contribution is 9.10. The molecule has 0 unspecified atom stereocenters. The largest absolute Gasteiger partial charge is 0.465 e. The molecule has 1 N–H and O–H groups in total. The molecule has 0 spiro atoms. The Morgan fingerprint density at radius 3 is 2.39 bits per heavy atom. The molecule has 0 aliphatic carbocycles. The minimum absolute atomic E-state index is 0.135. The zero-order valence-corrected chi connectivity index (χ0v) is 13.5. The van der Waals surface area contributed by atoms with E-state index in [1.807, 2.05) is 0 Å². The Bertz CT molecular complexity index is 774. The van der Waals surface area contributed by atoms with E-state index in [0.717, 1.165) is 0 Å². The summed E-state index contributed by atoms with van der Waals surface area (Å²) in [6, 6.07) is 10.0. The number of nitrogens with one attached hydrogen (secondary N) is 1. The molecule has 0 bridgehead atoms. The van der Waals surface area contributed by atoms with Crippen LogP contribution in [0.5, 0.6) is 0 Å². The van der Waals surface area contributed by atoms with Gasteiger partial charge in [-0.2, -0.15) is 0 Å². The number of anilines is 1. The van der Waals surface area contributed by atoms with E-state index >= 15 is 0 Å². The van der Waals surface area contributed by atoms with E-state index in [-0.39, 0.29) is 11.3 Å². The van der Waals surface area contributed by atoms with Crippen molar-refractivity contribution in [1.82, 2.24) is 0 Å². The van der Waals surface area contributed by atoms with Gasteiger partial charge >= 0.3 is 5.97 Å². The maximum absolute atomic E-state index is 12.2.